The summed E-state index contributed by atoms with van der Waals surface area (Å²) in [5, 5.41) is 3.61. The highest BCUT2D eigenvalue weighted by Gasteiger charge is 2.12. The van der Waals surface area contributed by atoms with Gasteiger partial charge in [-0.2, -0.15) is 0 Å². The fraction of sp³-hybridized carbons (Fsp3) is 0.438. The monoisotopic (exact) mass is 273 g/mol. The van der Waals surface area contributed by atoms with Crippen molar-refractivity contribution in [2.75, 3.05) is 13.7 Å². The van der Waals surface area contributed by atoms with E-state index < -0.39 is 0 Å². The second kappa shape index (κ2) is 7.70. The number of hydrogen-bond donors (Lipinski definition) is 1. The molecule has 2 aromatic rings. The molecule has 0 aliphatic rings. The summed E-state index contributed by atoms with van der Waals surface area (Å²) in [6, 6.07) is 8.57. The smallest absolute Gasteiger partial charge is 0.123 e. The molecule has 0 radical (unpaired) electrons. The van der Waals surface area contributed by atoms with E-state index >= 15 is 0 Å². The molecule has 4 nitrogen and oxygen atoms in total. The SMILES string of the molecule is CCC(NCCCn1ccnc1)c1ccccc1OC. The maximum absolute atomic E-state index is 5.44. The van der Waals surface area contributed by atoms with E-state index in [4.69, 9.17) is 4.74 Å². The molecule has 0 amide bonds. The lowest BCUT2D eigenvalue weighted by molar-refractivity contribution is 0.395. The summed E-state index contributed by atoms with van der Waals surface area (Å²) < 4.78 is 7.54. The van der Waals surface area contributed by atoms with Crippen LogP contribution in [0.15, 0.2) is 43.0 Å². The second-order valence-electron chi connectivity index (χ2n) is 4.81. The van der Waals surface area contributed by atoms with Gasteiger partial charge < -0.3 is 14.6 Å². The fourth-order valence-electron chi connectivity index (χ4n) is 2.39. The maximum Gasteiger partial charge on any atom is 0.123 e. The molecule has 1 N–H and O–H groups in total. The molecule has 0 aliphatic carbocycles. The number of hydrogen-bond acceptors (Lipinski definition) is 3. The van der Waals surface area contributed by atoms with Crippen LogP contribution in [0, 0.1) is 0 Å². The number of nitrogens with one attached hydrogen (secondary N) is 1. The van der Waals surface area contributed by atoms with Crippen molar-refractivity contribution < 1.29 is 4.74 Å². The molecule has 1 atom stereocenters. The maximum atomic E-state index is 5.44. The van der Waals surface area contributed by atoms with Gasteiger partial charge in [0.1, 0.15) is 5.75 Å². The number of nitrogens with zero attached hydrogens (tertiary/aromatic N) is 2. The Morgan fingerprint density at radius 2 is 2.20 bits per heavy atom. The third-order valence-electron chi connectivity index (χ3n) is 3.47. The van der Waals surface area contributed by atoms with E-state index in [9.17, 15) is 0 Å². The predicted octanol–water partition coefficient (Wildman–Crippen LogP) is 3.02. The summed E-state index contributed by atoms with van der Waals surface area (Å²) in [6.07, 6.45) is 7.81. The van der Waals surface area contributed by atoms with Crippen molar-refractivity contribution in [1.82, 2.24) is 14.9 Å². The van der Waals surface area contributed by atoms with Gasteiger partial charge in [0.05, 0.1) is 13.4 Å². The van der Waals surface area contributed by atoms with Crippen molar-refractivity contribution in [2.24, 2.45) is 0 Å². The van der Waals surface area contributed by atoms with E-state index in [0.29, 0.717) is 6.04 Å². The lowest BCUT2D eigenvalue weighted by Crippen LogP contribution is -2.23. The largest absolute Gasteiger partial charge is 0.496 e. The zero-order valence-corrected chi connectivity index (χ0v) is 12.2. The van der Waals surface area contributed by atoms with Crippen molar-refractivity contribution >= 4 is 0 Å². The van der Waals surface area contributed by atoms with Crippen LogP contribution in [0.25, 0.3) is 0 Å². The summed E-state index contributed by atoms with van der Waals surface area (Å²) in [7, 11) is 1.73. The van der Waals surface area contributed by atoms with Crippen molar-refractivity contribution in [3.8, 4) is 5.75 Å². The van der Waals surface area contributed by atoms with E-state index in [2.05, 4.69) is 33.9 Å². The number of methoxy groups -OCH3 is 1. The molecule has 20 heavy (non-hydrogen) atoms. The molecule has 1 aromatic carbocycles. The van der Waals surface area contributed by atoms with Crippen LogP contribution in [-0.4, -0.2) is 23.2 Å². The molecule has 0 fully saturated rings. The number of aryl methyl sites for hydroxylation is 1. The second-order valence-corrected chi connectivity index (χ2v) is 4.81. The number of rotatable bonds is 8. The lowest BCUT2D eigenvalue weighted by Gasteiger charge is -2.20. The van der Waals surface area contributed by atoms with Crippen LogP contribution >= 0.6 is 0 Å². The molecular weight excluding hydrogens is 250 g/mol. The van der Waals surface area contributed by atoms with Gasteiger partial charge in [0, 0.05) is 30.5 Å². The molecule has 108 valence electrons. The summed E-state index contributed by atoms with van der Waals surface area (Å²) in [6.45, 7) is 4.17. The Bertz CT molecular complexity index is 496. The van der Waals surface area contributed by atoms with Crippen LogP contribution in [0.5, 0.6) is 5.75 Å². The Morgan fingerprint density at radius 3 is 2.90 bits per heavy atom. The van der Waals surface area contributed by atoms with Crippen LogP contribution in [-0.2, 0) is 6.54 Å². The topological polar surface area (TPSA) is 39.1 Å². The highest BCUT2D eigenvalue weighted by atomic mass is 16.5. The average Bonchev–Trinajstić information content (AvgIpc) is 3.01. The van der Waals surface area contributed by atoms with Gasteiger partial charge >= 0.3 is 0 Å². The first-order chi connectivity index (χ1) is 9.85. The lowest BCUT2D eigenvalue weighted by atomic mass is 10.0. The highest BCUT2D eigenvalue weighted by molar-refractivity contribution is 5.35. The Hall–Kier alpha value is -1.81. The average molecular weight is 273 g/mol. The number of benzene rings is 1. The fourth-order valence-corrected chi connectivity index (χ4v) is 2.39. The first kappa shape index (κ1) is 14.6. The number of para-hydroxylation sites is 1. The minimum atomic E-state index is 0.342. The minimum Gasteiger partial charge on any atom is -0.496 e. The molecule has 2 rings (SSSR count). The molecule has 0 aliphatic heterocycles. The van der Waals surface area contributed by atoms with Gasteiger partial charge in [-0.25, -0.2) is 4.98 Å². The van der Waals surface area contributed by atoms with Gasteiger partial charge in [-0.15, -0.1) is 0 Å². The van der Waals surface area contributed by atoms with Gasteiger partial charge in [-0.1, -0.05) is 25.1 Å². The van der Waals surface area contributed by atoms with Crippen LogP contribution < -0.4 is 10.1 Å². The van der Waals surface area contributed by atoms with Crippen molar-refractivity contribution in [1.29, 1.82) is 0 Å². The highest BCUT2D eigenvalue weighted by Crippen LogP contribution is 2.26. The third-order valence-corrected chi connectivity index (χ3v) is 3.47. The third kappa shape index (κ3) is 3.84. The molecule has 1 heterocycles. The number of aromatic nitrogens is 2. The van der Waals surface area contributed by atoms with Crippen molar-refractivity contribution in [3.05, 3.63) is 48.5 Å². The van der Waals surface area contributed by atoms with Crippen LogP contribution in [0.3, 0.4) is 0 Å². The molecule has 0 bridgehead atoms. The van der Waals surface area contributed by atoms with Gasteiger partial charge in [-0.3, -0.25) is 0 Å². The van der Waals surface area contributed by atoms with Crippen molar-refractivity contribution in [2.45, 2.75) is 32.4 Å². The predicted molar refractivity (Wildman–Crippen MR) is 80.9 cm³/mol. The summed E-state index contributed by atoms with van der Waals surface area (Å²) in [4.78, 5) is 4.05. The molecular formula is C16H23N3O. The quantitative estimate of drug-likeness (QED) is 0.751. The summed E-state index contributed by atoms with van der Waals surface area (Å²) in [5.74, 6) is 0.960. The van der Waals surface area contributed by atoms with Crippen LogP contribution in [0.4, 0.5) is 0 Å². The Balaban J connectivity index is 1.85. The van der Waals surface area contributed by atoms with Crippen LogP contribution in [0.2, 0.25) is 0 Å². The molecule has 4 heteroatoms. The first-order valence-electron chi connectivity index (χ1n) is 7.17. The Labute approximate surface area is 120 Å². The molecule has 0 saturated carbocycles. The van der Waals surface area contributed by atoms with E-state index in [0.717, 1.165) is 31.7 Å². The standard InChI is InChI=1S/C16H23N3O/c1-3-15(14-7-4-5-8-16(14)20-2)18-9-6-11-19-12-10-17-13-19/h4-5,7-8,10,12-13,15,18H,3,6,9,11H2,1-2H3. The molecule has 1 unspecified atom stereocenters. The van der Waals surface area contributed by atoms with E-state index in [1.54, 1.807) is 7.11 Å². The zero-order valence-electron chi connectivity index (χ0n) is 12.2. The summed E-state index contributed by atoms with van der Waals surface area (Å²) >= 11 is 0. The first-order valence-corrected chi connectivity index (χ1v) is 7.17. The zero-order chi connectivity index (χ0) is 14.2. The Kier molecular flexibility index (Phi) is 5.62. The van der Waals surface area contributed by atoms with Crippen molar-refractivity contribution in [3.63, 3.8) is 0 Å². The van der Waals surface area contributed by atoms with E-state index in [1.807, 2.05) is 30.9 Å². The van der Waals surface area contributed by atoms with Gasteiger partial charge in [-0.05, 0) is 25.5 Å². The normalized spacial score (nSPS) is 12.3. The molecule has 0 spiro atoms. The van der Waals surface area contributed by atoms with E-state index in [-0.39, 0.29) is 0 Å². The molecule has 0 saturated heterocycles. The summed E-state index contributed by atoms with van der Waals surface area (Å²) in [5.41, 5.74) is 1.24. The number of ether oxygens (including phenoxy) is 1. The van der Waals surface area contributed by atoms with E-state index in [1.165, 1.54) is 5.56 Å². The Morgan fingerprint density at radius 1 is 1.35 bits per heavy atom. The van der Waals surface area contributed by atoms with Gasteiger partial charge in [0.25, 0.3) is 0 Å². The number of imidazole rings is 1. The van der Waals surface area contributed by atoms with Crippen LogP contribution in [0.1, 0.15) is 31.4 Å². The molecule has 1 aromatic heterocycles. The van der Waals surface area contributed by atoms with Gasteiger partial charge in [0.2, 0.25) is 0 Å². The minimum absolute atomic E-state index is 0.342. The van der Waals surface area contributed by atoms with Gasteiger partial charge in [0.15, 0.2) is 0 Å².